The summed E-state index contributed by atoms with van der Waals surface area (Å²) in [5.41, 5.74) is 6.50. The van der Waals surface area contributed by atoms with E-state index in [9.17, 15) is 0 Å². The molecule has 0 amide bonds. The van der Waals surface area contributed by atoms with Crippen molar-refractivity contribution in [3.05, 3.63) is 23.0 Å². The number of hydrogen-bond acceptors (Lipinski definition) is 3. The zero-order chi connectivity index (χ0) is 16.8. The highest BCUT2D eigenvalue weighted by Gasteiger charge is 2.15. The number of hydrogen-bond donors (Lipinski definition) is 2. The van der Waals surface area contributed by atoms with Gasteiger partial charge in [0.05, 0.1) is 12.3 Å². The summed E-state index contributed by atoms with van der Waals surface area (Å²) < 4.78 is 7.88. The SMILES string of the molecule is Cc1cc(/C=N\NC(=S)NC[C@@H]2CCCO2)c(C)n1CC(C)C. The van der Waals surface area contributed by atoms with Crippen molar-refractivity contribution in [3.8, 4) is 0 Å². The second-order valence-corrected chi connectivity index (χ2v) is 6.95. The molecule has 2 rings (SSSR count). The third-order valence-corrected chi connectivity index (χ3v) is 4.28. The number of nitrogens with zero attached hydrogens (tertiary/aromatic N) is 2. The van der Waals surface area contributed by atoms with E-state index < -0.39 is 0 Å². The minimum absolute atomic E-state index is 0.272. The van der Waals surface area contributed by atoms with Gasteiger partial charge in [-0.15, -0.1) is 0 Å². The predicted molar refractivity (Wildman–Crippen MR) is 99.0 cm³/mol. The van der Waals surface area contributed by atoms with E-state index in [0.29, 0.717) is 11.0 Å². The quantitative estimate of drug-likeness (QED) is 0.476. The van der Waals surface area contributed by atoms with Gasteiger partial charge in [0.1, 0.15) is 0 Å². The summed E-state index contributed by atoms with van der Waals surface area (Å²) in [4.78, 5) is 0. The van der Waals surface area contributed by atoms with Crippen molar-refractivity contribution in [2.24, 2.45) is 11.0 Å². The van der Waals surface area contributed by atoms with Crippen LogP contribution in [0.3, 0.4) is 0 Å². The Morgan fingerprint density at radius 2 is 2.30 bits per heavy atom. The molecule has 0 spiro atoms. The summed E-state index contributed by atoms with van der Waals surface area (Å²) in [6, 6.07) is 2.16. The molecule has 0 saturated carbocycles. The molecule has 0 radical (unpaired) electrons. The molecule has 0 unspecified atom stereocenters. The molecule has 0 aromatic carbocycles. The Morgan fingerprint density at radius 3 is 2.96 bits per heavy atom. The number of aromatic nitrogens is 1. The van der Waals surface area contributed by atoms with Gasteiger partial charge in [-0.1, -0.05) is 13.8 Å². The monoisotopic (exact) mass is 336 g/mol. The van der Waals surface area contributed by atoms with Crippen LogP contribution in [-0.4, -0.2) is 35.1 Å². The Kier molecular flexibility index (Phi) is 6.59. The Bertz CT molecular complexity index is 559. The zero-order valence-corrected chi connectivity index (χ0v) is 15.4. The number of aryl methyl sites for hydroxylation is 1. The highest BCUT2D eigenvalue weighted by atomic mass is 32.1. The molecular formula is C17H28N4OS. The molecule has 5 nitrogen and oxygen atoms in total. The van der Waals surface area contributed by atoms with Crippen LogP contribution >= 0.6 is 12.2 Å². The molecule has 1 aromatic rings. The van der Waals surface area contributed by atoms with Crippen LogP contribution in [0.15, 0.2) is 11.2 Å². The molecule has 1 aliphatic rings. The lowest BCUT2D eigenvalue weighted by Crippen LogP contribution is -2.37. The molecule has 23 heavy (non-hydrogen) atoms. The van der Waals surface area contributed by atoms with E-state index in [0.717, 1.165) is 38.1 Å². The molecule has 2 heterocycles. The lowest BCUT2D eigenvalue weighted by molar-refractivity contribution is 0.114. The van der Waals surface area contributed by atoms with E-state index in [1.54, 1.807) is 0 Å². The van der Waals surface area contributed by atoms with Crippen molar-refractivity contribution < 1.29 is 4.74 Å². The summed E-state index contributed by atoms with van der Waals surface area (Å²) in [6.45, 7) is 11.3. The van der Waals surface area contributed by atoms with E-state index in [1.165, 1.54) is 11.4 Å². The van der Waals surface area contributed by atoms with Crippen molar-refractivity contribution in [1.29, 1.82) is 0 Å². The van der Waals surface area contributed by atoms with Crippen LogP contribution in [0.2, 0.25) is 0 Å². The van der Waals surface area contributed by atoms with Crippen molar-refractivity contribution in [3.63, 3.8) is 0 Å². The standard InChI is InChI=1S/C17H28N4OS/c1-12(2)11-21-13(3)8-15(14(21)4)9-19-20-17(23)18-10-16-6-5-7-22-16/h8-9,12,16H,5-7,10-11H2,1-4H3,(H2,18,20,23)/b19-9-/t16-/m0/s1. The van der Waals surface area contributed by atoms with Gasteiger partial charge >= 0.3 is 0 Å². The van der Waals surface area contributed by atoms with Crippen LogP contribution in [0.4, 0.5) is 0 Å². The molecule has 0 aliphatic carbocycles. The summed E-state index contributed by atoms with van der Waals surface area (Å²) in [5, 5.41) is 7.93. The molecule has 1 atom stereocenters. The maximum atomic E-state index is 5.55. The van der Waals surface area contributed by atoms with Gasteiger partial charge in [0, 0.05) is 36.6 Å². The summed E-state index contributed by atoms with van der Waals surface area (Å²) in [6.07, 6.45) is 4.34. The minimum Gasteiger partial charge on any atom is -0.376 e. The molecule has 2 N–H and O–H groups in total. The van der Waals surface area contributed by atoms with E-state index in [4.69, 9.17) is 17.0 Å². The molecule has 128 valence electrons. The molecule has 0 bridgehead atoms. The van der Waals surface area contributed by atoms with Crippen LogP contribution in [0, 0.1) is 19.8 Å². The van der Waals surface area contributed by atoms with Gasteiger partial charge in [-0.2, -0.15) is 5.10 Å². The highest BCUT2D eigenvalue weighted by molar-refractivity contribution is 7.80. The van der Waals surface area contributed by atoms with Gasteiger partial charge in [0.2, 0.25) is 0 Å². The first kappa shape index (κ1) is 17.9. The average Bonchev–Trinajstić information content (AvgIpc) is 3.09. The number of hydrazone groups is 1. The van der Waals surface area contributed by atoms with E-state index in [2.05, 4.69) is 54.2 Å². The van der Waals surface area contributed by atoms with Gasteiger partial charge in [-0.3, -0.25) is 5.43 Å². The second-order valence-electron chi connectivity index (χ2n) is 6.55. The summed E-state index contributed by atoms with van der Waals surface area (Å²) in [5.74, 6) is 0.622. The van der Waals surface area contributed by atoms with E-state index in [1.807, 2.05) is 6.21 Å². The van der Waals surface area contributed by atoms with Crippen molar-refractivity contribution in [2.75, 3.05) is 13.2 Å². The number of nitrogens with one attached hydrogen (secondary N) is 2. The molecular weight excluding hydrogens is 308 g/mol. The fourth-order valence-electron chi connectivity index (χ4n) is 2.82. The predicted octanol–water partition coefficient (Wildman–Crippen LogP) is 2.74. The van der Waals surface area contributed by atoms with Crippen LogP contribution in [0.5, 0.6) is 0 Å². The second kappa shape index (κ2) is 8.45. The van der Waals surface area contributed by atoms with Crippen molar-refractivity contribution in [1.82, 2.24) is 15.3 Å². The first-order valence-electron chi connectivity index (χ1n) is 8.32. The van der Waals surface area contributed by atoms with E-state index in [-0.39, 0.29) is 6.10 Å². The van der Waals surface area contributed by atoms with E-state index >= 15 is 0 Å². The smallest absolute Gasteiger partial charge is 0.187 e. The number of rotatable bonds is 6. The fourth-order valence-corrected chi connectivity index (χ4v) is 2.95. The largest absolute Gasteiger partial charge is 0.376 e. The van der Waals surface area contributed by atoms with Crippen LogP contribution in [0.1, 0.15) is 43.6 Å². The Morgan fingerprint density at radius 1 is 1.52 bits per heavy atom. The van der Waals surface area contributed by atoms with Gasteiger partial charge in [-0.25, -0.2) is 0 Å². The van der Waals surface area contributed by atoms with Crippen molar-refractivity contribution in [2.45, 2.75) is 53.2 Å². The van der Waals surface area contributed by atoms with Gasteiger partial charge in [-0.05, 0) is 50.9 Å². The van der Waals surface area contributed by atoms with Crippen molar-refractivity contribution >= 4 is 23.5 Å². The topological polar surface area (TPSA) is 50.6 Å². The first-order valence-corrected chi connectivity index (χ1v) is 8.73. The van der Waals surface area contributed by atoms with Crippen LogP contribution in [-0.2, 0) is 11.3 Å². The van der Waals surface area contributed by atoms with Crippen LogP contribution in [0.25, 0.3) is 0 Å². The van der Waals surface area contributed by atoms with Gasteiger partial charge < -0.3 is 14.6 Å². The zero-order valence-electron chi connectivity index (χ0n) is 14.6. The number of ether oxygens (including phenoxy) is 1. The molecule has 1 fully saturated rings. The van der Waals surface area contributed by atoms with Gasteiger partial charge in [0.25, 0.3) is 0 Å². The highest BCUT2D eigenvalue weighted by Crippen LogP contribution is 2.15. The normalized spacial score (nSPS) is 18.0. The lowest BCUT2D eigenvalue weighted by Gasteiger charge is -2.12. The summed E-state index contributed by atoms with van der Waals surface area (Å²) in [7, 11) is 0. The number of thiocarbonyl (C=S) groups is 1. The molecule has 1 aliphatic heterocycles. The first-order chi connectivity index (χ1) is 11.0. The molecule has 1 saturated heterocycles. The van der Waals surface area contributed by atoms with Gasteiger partial charge in [0.15, 0.2) is 5.11 Å². The molecule has 6 heteroatoms. The lowest BCUT2D eigenvalue weighted by atomic mass is 10.2. The minimum atomic E-state index is 0.272. The summed E-state index contributed by atoms with van der Waals surface area (Å²) >= 11 is 5.23. The Hall–Kier alpha value is -1.40. The Labute approximate surface area is 144 Å². The molecule has 1 aromatic heterocycles. The third kappa shape index (κ3) is 5.32. The van der Waals surface area contributed by atoms with Crippen LogP contribution < -0.4 is 10.7 Å². The third-order valence-electron chi connectivity index (χ3n) is 4.04. The maximum absolute atomic E-state index is 5.55. The Balaban J connectivity index is 1.83. The maximum Gasteiger partial charge on any atom is 0.187 e. The fraction of sp³-hybridized carbons (Fsp3) is 0.647. The average molecular weight is 337 g/mol.